The van der Waals surface area contributed by atoms with Crippen molar-refractivity contribution in [2.75, 3.05) is 25.0 Å². The maximum absolute atomic E-state index is 12.0. The van der Waals surface area contributed by atoms with E-state index in [0.29, 0.717) is 18.0 Å². The summed E-state index contributed by atoms with van der Waals surface area (Å²) in [4.78, 5) is 12.0. The molecule has 1 amide bonds. The molecule has 0 atom stereocenters. The number of anilines is 1. The van der Waals surface area contributed by atoms with Gasteiger partial charge in [0, 0.05) is 30.9 Å². The van der Waals surface area contributed by atoms with Gasteiger partial charge < -0.3 is 15.7 Å². The molecule has 118 valence electrons. The largest absolute Gasteiger partial charge is 0.396 e. The van der Waals surface area contributed by atoms with Gasteiger partial charge in [0.05, 0.1) is 0 Å². The first-order valence-corrected chi connectivity index (χ1v) is 7.78. The molecule has 4 nitrogen and oxygen atoms in total. The van der Waals surface area contributed by atoms with Crippen molar-refractivity contribution in [1.29, 1.82) is 0 Å². The van der Waals surface area contributed by atoms with Crippen molar-refractivity contribution >= 4 is 11.6 Å². The average molecular weight is 292 g/mol. The van der Waals surface area contributed by atoms with E-state index in [9.17, 15) is 4.79 Å². The fraction of sp³-hybridized carbons (Fsp3) is 0.588. The molecule has 0 fully saturated rings. The van der Waals surface area contributed by atoms with Crippen molar-refractivity contribution in [1.82, 2.24) is 5.32 Å². The first-order chi connectivity index (χ1) is 10.0. The lowest BCUT2D eigenvalue weighted by Crippen LogP contribution is -2.27. The number of benzene rings is 1. The number of hydrogen-bond acceptors (Lipinski definition) is 3. The number of hydrogen-bond donors (Lipinski definition) is 3. The quantitative estimate of drug-likeness (QED) is 0.613. The van der Waals surface area contributed by atoms with E-state index in [1.165, 1.54) is 0 Å². The topological polar surface area (TPSA) is 61.4 Å². The highest BCUT2D eigenvalue weighted by Gasteiger charge is 2.07. The van der Waals surface area contributed by atoms with E-state index in [-0.39, 0.29) is 12.5 Å². The average Bonchev–Trinajstić information content (AvgIpc) is 2.45. The van der Waals surface area contributed by atoms with E-state index in [4.69, 9.17) is 5.11 Å². The Bertz CT molecular complexity index is 444. The van der Waals surface area contributed by atoms with Crippen molar-refractivity contribution in [3.05, 3.63) is 29.3 Å². The van der Waals surface area contributed by atoms with E-state index < -0.39 is 0 Å². The smallest absolute Gasteiger partial charge is 0.251 e. The minimum Gasteiger partial charge on any atom is -0.396 e. The molecular formula is C17H28N2O2. The van der Waals surface area contributed by atoms with Gasteiger partial charge in [-0.2, -0.15) is 0 Å². The highest BCUT2D eigenvalue weighted by Crippen LogP contribution is 2.16. The van der Waals surface area contributed by atoms with Crippen LogP contribution >= 0.6 is 0 Å². The third-order valence-electron chi connectivity index (χ3n) is 3.31. The van der Waals surface area contributed by atoms with Crippen LogP contribution in [0.2, 0.25) is 0 Å². The third-order valence-corrected chi connectivity index (χ3v) is 3.31. The van der Waals surface area contributed by atoms with E-state index in [1.807, 2.05) is 25.1 Å². The van der Waals surface area contributed by atoms with Crippen LogP contribution in [0.25, 0.3) is 0 Å². The highest BCUT2D eigenvalue weighted by atomic mass is 16.2. The summed E-state index contributed by atoms with van der Waals surface area (Å²) in [7, 11) is 0. The Kier molecular flexibility index (Phi) is 7.83. The van der Waals surface area contributed by atoms with E-state index in [2.05, 4.69) is 24.5 Å². The van der Waals surface area contributed by atoms with Crippen LogP contribution in [-0.4, -0.2) is 30.7 Å². The second-order valence-electron chi connectivity index (χ2n) is 5.84. The van der Waals surface area contributed by atoms with Crippen molar-refractivity contribution in [2.45, 2.75) is 40.0 Å². The number of aliphatic hydroxyl groups excluding tert-OH is 1. The molecular weight excluding hydrogens is 264 g/mol. The lowest BCUT2D eigenvalue weighted by molar-refractivity contribution is 0.0949. The summed E-state index contributed by atoms with van der Waals surface area (Å²) in [5, 5.41) is 15.0. The van der Waals surface area contributed by atoms with Gasteiger partial charge in [0.15, 0.2) is 0 Å². The standard InChI is InChI=1S/C17H28N2O2/c1-13(2)12-19-17(21)15-7-8-16(14(3)11-15)18-9-5-4-6-10-20/h7-8,11,13,18,20H,4-6,9-10,12H2,1-3H3,(H,19,21). The van der Waals surface area contributed by atoms with Crippen LogP contribution in [0.1, 0.15) is 49.0 Å². The van der Waals surface area contributed by atoms with E-state index >= 15 is 0 Å². The van der Waals surface area contributed by atoms with Crippen LogP contribution in [0.15, 0.2) is 18.2 Å². The Hall–Kier alpha value is -1.55. The van der Waals surface area contributed by atoms with E-state index in [1.54, 1.807) is 0 Å². The van der Waals surface area contributed by atoms with Crippen LogP contribution in [0.3, 0.4) is 0 Å². The molecule has 0 radical (unpaired) electrons. The Morgan fingerprint density at radius 3 is 2.62 bits per heavy atom. The predicted molar refractivity (Wildman–Crippen MR) is 87.8 cm³/mol. The first kappa shape index (κ1) is 17.5. The summed E-state index contributed by atoms with van der Waals surface area (Å²) in [6.07, 6.45) is 2.92. The number of aliphatic hydroxyl groups is 1. The molecule has 1 aromatic rings. The van der Waals surface area contributed by atoms with Crippen LogP contribution in [0, 0.1) is 12.8 Å². The Morgan fingerprint density at radius 1 is 1.24 bits per heavy atom. The zero-order valence-electron chi connectivity index (χ0n) is 13.4. The van der Waals surface area contributed by atoms with Crippen LogP contribution < -0.4 is 10.6 Å². The molecule has 1 aromatic carbocycles. The maximum atomic E-state index is 12.0. The minimum atomic E-state index is -0.0127. The molecule has 21 heavy (non-hydrogen) atoms. The third kappa shape index (κ3) is 6.63. The second kappa shape index (κ2) is 9.40. The molecule has 4 heteroatoms. The SMILES string of the molecule is Cc1cc(C(=O)NCC(C)C)ccc1NCCCCCO. The Labute approximate surface area is 128 Å². The molecule has 0 bridgehead atoms. The molecule has 0 unspecified atom stereocenters. The van der Waals surface area contributed by atoms with Crippen LogP contribution in [0.4, 0.5) is 5.69 Å². The Balaban J connectivity index is 2.49. The molecule has 0 aliphatic carbocycles. The molecule has 1 rings (SSSR count). The Morgan fingerprint density at radius 2 is 2.00 bits per heavy atom. The number of amides is 1. The summed E-state index contributed by atoms with van der Waals surface area (Å²) < 4.78 is 0. The predicted octanol–water partition coefficient (Wildman–Crippen LogP) is 2.96. The summed E-state index contributed by atoms with van der Waals surface area (Å²) in [5.74, 6) is 0.441. The monoisotopic (exact) mass is 292 g/mol. The lowest BCUT2D eigenvalue weighted by atomic mass is 10.1. The molecule has 0 saturated carbocycles. The van der Waals surface area contributed by atoms with Crippen LogP contribution in [0.5, 0.6) is 0 Å². The zero-order chi connectivity index (χ0) is 15.7. The molecule has 0 saturated heterocycles. The summed E-state index contributed by atoms with van der Waals surface area (Å²) in [6, 6.07) is 5.75. The minimum absolute atomic E-state index is 0.0127. The van der Waals surface area contributed by atoms with E-state index in [0.717, 1.165) is 37.1 Å². The van der Waals surface area contributed by atoms with Gasteiger partial charge >= 0.3 is 0 Å². The van der Waals surface area contributed by atoms with Gasteiger partial charge in [-0.25, -0.2) is 0 Å². The van der Waals surface area contributed by atoms with Crippen molar-refractivity contribution in [3.8, 4) is 0 Å². The molecule has 0 heterocycles. The van der Waals surface area contributed by atoms with Crippen molar-refractivity contribution < 1.29 is 9.90 Å². The van der Waals surface area contributed by atoms with Crippen molar-refractivity contribution in [3.63, 3.8) is 0 Å². The number of nitrogens with one attached hydrogen (secondary N) is 2. The lowest BCUT2D eigenvalue weighted by Gasteiger charge is -2.12. The maximum Gasteiger partial charge on any atom is 0.251 e. The van der Waals surface area contributed by atoms with Gasteiger partial charge in [0.1, 0.15) is 0 Å². The van der Waals surface area contributed by atoms with Crippen LogP contribution in [-0.2, 0) is 0 Å². The number of carbonyl (C=O) groups excluding carboxylic acids is 1. The van der Waals surface area contributed by atoms with Crippen molar-refractivity contribution in [2.24, 2.45) is 5.92 Å². The fourth-order valence-corrected chi connectivity index (χ4v) is 2.04. The summed E-state index contributed by atoms with van der Waals surface area (Å²) >= 11 is 0. The number of unbranched alkanes of at least 4 members (excludes halogenated alkanes) is 2. The number of aryl methyl sites for hydroxylation is 1. The molecule has 0 aliphatic heterocycles. The zero-order valence-corrected chi connectivity index (χ0v) is 13.4. The molecule has 0 aromatic heterocycles. The summed E-state index contributed by atoms with van der Waals surface area (Å²) in [6.45, 7) is 8.02. The molecule has 0 spiro atoms. The molecule has 3 N–H and O–H groups in total. The number of carbonyl (C=O) groups is 1. The van der Waals surface area contributed by atoms with Gasteiger partial charge in [-0.05, 0) is 55.9 Å². The van der Waals surface area contributed by atoms with Gasteiger partial charge in [0.2, 0.25) is 0 Å². The normalized spacial score (nSPS) is 10.7. The summed E-state index contributed by atoms with van der Waals surface area (Å²) in [5.41, 5.74) is 2.85. The highest BCUT2D eigenvalue weighted by molar-refractivity contribution is 5.94. The number of rotatable bonds is 9. The molecule has 0 aliphatic rings. The first-order valence-electron chi connectivity index (χ1n) is 7.78. The fourth-order valence-electron chi connectivity index (χ4n) is 2.04. The van der Waals surface area contributed by atoms with Gasteiger partial charge in [-0.1, -0.05) is 13.8 Å². The second-order valence-corrected chi connectivity index (χ2v) is 5.84. The van der Waals surface area contributed by atoms with Gasteiger partial charge in [0.25, 0.3) is 5.91 Å². The van der Waals surface area contributed by atoms with Gasteiger partial charge in [-0.3, -0.25) is 4.79 Å². The van der Waals surface area contributed by atoms with Gasteiger partial charge in [-0.15, -0.1) is 0 Å².